The molecule has 3 aromatic rings. The number of carbonyl (C=O) groups is 5. The second-order valence-electron chi connectivity index (χ2n) is 19.3. The molecule has 3 aliphatic heterocycles. The van der Waals surface area contributed by atoms with Crippen LogP contribution in [0, 0.1) is 41.9 Å². The minimum Gasteiger partial charge on any atom is -0.490 e. The fourth-order valence-corrected chi connectivity index (χ4v) is 10.9. The summed E-state index contributed by atoms with van der Waals surface area (Å²) in [6.45, 7) is 16.2. The molecule has 2 N–H and O–H groups in total. The number of anilines is 1. The Hall–Kier alpha value is -5.92. The third-order valence-corrected chi connectivity index (χ3v) is 14.2. The summed E-state index contributed by atoms with van der Waals surface area (Å²) in [4.78, 5) is 79.0. The summed E-state index contributed by atoms with van der Waals surface area (Å²) in [6, 6.07) is 10.1. The van der Waals surface area contributed by atoms with Gasteiger partial charge in [-0.15, -0.1) is 0 Å². The molecule has 5 amide bonds. The summed E-state index contributed by atoms with van der Waals surface area (Å²) in [5.41, 5.74) is 2.36. The van der Waals surface area contributed by atoms with E-state index in [-0.39, 0.29) is 64.6 Å². The molecule has 5 aliphatic rings. The Morgan fingerprint density at radius 1 is 0.922 bits per heavy atom. The number of hydrogen-bond donors (Lipinski definition) is 2. The van der Waals surface area contributed by atoms with Crippen LogP contribution in [0.15, 0.2) is 42.7 Å². The van der Waals surface area contributed by atoms with Crippen molar-refractivity contribution < 1.29 is 38.2 Å². The lowest BCUT2D eigenvalue weighted by Gasteiger charge is -2.63. The SMILES string of the molecule is COCCN(CC1CCN(c2cnc(C(=O)NC3C(C)(C)C(Oc4cc(C)c(C#N)c(C)c4)C3(C)C)cn2)CC1)C1CC(Oc2ccc3c(c2)C(=O)N(C2CCC(=O)NC2=O)C3=O)C1. The molecule has 4 fully saturated rings. The Bertz CT molecular complexity index is 2340. The quantitative estimate of drug-likeness (QED) is 0.211. The van der Waals surface area contributed by atoms with Crippen molar-refractivity contribution in [2.75, 3.05) is 44.8 Å². The zero-order chi connectivity index (χ0) is 45.7. The van der Waals surface area contributed by atoms with Crippen LogP contribution in [0.5, 0.6) is 11.5 Å². The molecule has 1 unspecified atom stereocenters. The molecule has 4 heterocycles. The van der Waals surface area contributed by atoms with Gasteiger partial charge in [0.05, 0.1) is 41.8 Å². The maximum atomic E-state index is 13.5. The number of ether oxygens (including phenoxy) is 3. The number of imide groups is 2. The number of fused-ring (bicyclic) bond motifs is 1. The fraction of sp³-hybridized carbons (Fsp3) is 0.542. The zero-order valence-electron chi connectivity index (χ0n) is 37.7. The third-order valence-electron chi connectivity index (χ3n) is 14.2. The Morgan fingerprint density at radius 2 is 1.61 bits per heavy atom. The molecule has 2 saturated carbocycles. The topological polar surface area (TPSA) is 196 Å². The van der Waals surface area contributed by atoms with E-state index in [0.717, 1.165) is 79.5 Å². The van der Waals surface area contributed by atoms with E-state index in [9.17, 15) is 29.2 Å². The molecule has 338 valence electrons. The summed E-state index contributed by atoms with van der Waals surface area (Å²) >= 11 is 0. The lowest BCUT2D eigenvalue weighted by molar-refractivity contribution is -0.164. The molecule has 0 bridgehead atoms. The van der Waals surface area contributed by atoms with Gasteiger partial charge < -0.3 is 24.4 Å². The molecule has 64 heavy (non-hydrogen) atoms. The average molecular weight is 875 g/mol. The van der Waals surface area contributed by atoms with Gasteiger partial charge in [-0.25, -0.2) is 9.97 Å². The van der Waals surface area contributed by atoms with Gasteiger partial charge in [0.2, 0.25) is 11.8 Å². The molecule has 8 rings (SSSR count). The highest BCUT2D eigenvalue weighted by atomic mass is 16.5. The highest BCUT2D eigenvalue weighted by Gasteiger charge is 2.64. The van der Waals surface area contributed by atoms with Crippen LogP contribution in [0.3, 0.4) is 0 Å². The van der Waals surface area contributed by atoms with Crippen LogP contribution in [0.4, 0.5) is 5.82 Å². The number of benzene rings is 2. The number of nitriles is 1. The van der Waals surface area contributed by atoms with Crippen LogP contribution in [-0.2, 0) is 14.3 Å². The van der Waals surface area contributed by atoms with Gasteiger partial charge in [-0.2, -0.15) is 5.26 Å². The Labute approximate surface area is 374 Å². The molecule has 1 aromatic heterocycles. The van der Waals surface area contributed by atoms with Crippen molar-refractivity contribution >= 4 is 35.4 Å². The average Bonchev–Trinajstić information content (AvgIpc) is 3.49. The maximum Gasteiger partial charge on any atom is 0.271 e. The normalized spacial score (nSPS) is 25.0. The van der Waals surface area contributed by atoms with Crippen molar-refractivity contribution in [1.29, 1.82) is 5.26 Å². The van der Waals surface area contributed by atoms with Crippen molar-refractivity contribution in [1.82, 2.24) is 30.4 Å². The number of methoxy groups -OCH3 is 1. The number of aryl methyl sites for hydroxylation is 2. The van der Waals surface area contributed by atoms with Crippen molar-refractivity contribution in [3.63, 3.8) is 0 Å². The van der Waals surface area contributed by atoms with Gasteiger partial charge in [0.15, 0.2) is 0 Å². The molecule has 2 aliphatic carbocycles. The molecule has 2 aromatic carbocycles. The smallest absolute Gasteiger partial charge is 0.271 e. The molecule has 0 radical (unpaired) electrons. The number of aromatic nitrogens is 2. The molecule has 2 saturated heterocycles. The van der Waals surface area contributed by atoms with Gasteiger partial charge >= 0.3 is 0 Å². The van der Waals surface area contributed by atoms with Crippen LogP contribution < -0.4 is 25.0 Å². The molecular weight excluding hydrogens is 817 g/mol. The first-order chi connectivity index (χ1) is 30.5. The van der Waals surface area contributed by atoms with E-state index in [1.807, 2.05) is 26.0 Å². The number of amides is 5. The molecule has 0 spiro atoms. The summed E-state index contributed by atoms with van der Waals surface area (Å²) in [6.07, 6.45) is 6.78. The molecule has 1 atom stereocenters. The standard InChI is InChI=1S/C48H58N8O8/c1-27-18-32(19-28(2)36(27)23-49)64-46-47(3,4)45(48(46,5)6)53-41(58)37-24-51-39(25-50-37)54-14-12-29(13-15-54)26-55(16-17-62-7)30-20-33(21-30)63-31-8-9-34-35(22-31)44(61)56(43(34)60)38-10-11-40(57)52-42(38)59/h8-9,18-19,22,24-25,29-30,33,38,45-46H,10-17,20-21,26H2,1-7H3,(H,53,58)(H,52,57,59). The summed E-state index contributed by atoms with van der Waals surface area (Å²) in [5, 5.41) is 14.9. The summed E-state index contributed by atoms with van der Waals surface area (Å²) in [5.74, 6) is 0.0224. The Morgan fingerprint density at radius 3 is 2.23 bits per heavy atom. The van der Waals surface area contributed by atoms with Gasteiger partial charge in [-0.3, -0.25) is 39.1 Å². The van der Waals surface area contributed by atoms with Crippen molar-refractivity contribution in [2.45, 2.75) is 110 Å². The number of carbonyl (C=O) groups excluding carboxylic acids is 5. The number of rotatable bonds is 14. The third kappa shape index (κ3) is 8.43. The van der Waals surface area contributed by atoms with E-state index >= 15 is 0 Å². The van der Waals surface area contributed by atoms with Crippen molar-refractivity contribution in [3.8, 4) is 17.6 Å². The summed E-state index contributed by atoms with van der Waals surface area (Å²) < 4.78 is 18.3. The zero-order valence-corrected chi connectivity index (χ0v) is 37.7. The van der Waals surface area contributed by atoms with Crippen LogP contribution in [-0.4, -0.2) is 120 Å². The maximum absolute atomic E-state index is 13.5. The molecular formula is C48H58N8O8. The van der Waals surface area contributed by atoms with Gasteiger partial charge in [0, 0.05) is 75.5 Å². The highest BCUT2D eigenvalue weighted by molar-refractivity contribution is 6.23. The number of hydrogen-bond acceptors (Lipinski definition) is 13. The number of piperidine rings is 2. The largest absolute Gasteiger partial charge is 0.490 e. The van der Waals surface area contributed by atoms with E-state index < -0.39 is 29.7 Å². The van der Waals surface area contributed by atoms with E-state index in [0.29, 0.717) is 29.9 Å². The van der Waals surface area contributed by atoms with E-state index in [1.165, 1.54) is 0 Å². The minimum absolute atomic E-state index is 0.0523. The van der Waals surface area contributed by atoms with E-state index in [4.69, 9.17) is 14.2 Å². The Balaban J connectivity index is 0.803. The van der Waals surface area contributed by atoms with Crippen molar-refractivity contribution in [3.05, 3.63) is 76.2 Å². The van der Waals surface area contributed by atoms with Gasteiger partial charge in [-0.1, -0.05) is 27.7 Å². The van der Waals surface area contributed by atoms with Crippen molar-refractivity contribution in [2.24, 2.45) is 16.7 Å². The monoisotopic (exact) mass is 874 g/mol. The molecule has 16 nitrogen and oxygen atoms in total. The van der Waals surface area contributed by atoms with E-state index in [2.05, 4.69) is 64.2 Å². The van der Waals surface area contributed by atoms with Crippen LogP contribution in [0.1, 0.15) is 114 Å². The molecule has 16 heteroatoms. The first kappa shape index (κ1) is 44.7. The predicted molar refractivity (Wildman–Crippen MR) is 235 cm³/mol. The Kier molecular flexibility index (Phi) is 12.3. The van der Waals surface area contributed by atoms with Crippen LogP contribution in [0.25, 0.3) is 0 Å². The minimum atomic E-state index is -1.01. The highest BCUT2D eigenvalue weighted by Crippen LogP contribution is 2.55. The van der Waals surface area contributed by atoms with E-state index in [1.54, 1.807) is 37.7 Å². The number of nitrogens with zero attached hydrogens (tertiary/aromatic N) is 6. The van der Waals surface area contributed by atoms with Crippen LogP contribution in [0.2, 0.25) is 0 Å². The lowest BCUT2D eigenvalue weighted by Crippen LogP contribution is -2.74. The van der Waals surface area contributed by atoms with Gasteiger partial charge in [-0.05, 0) is 80.5 Å². The van der Waals surface area contributed by atoms with Crippen LogP contribution >= 0.6 is 0 Å². The second kappa shape index (κ2) is 17.6. The summed E-state index contributed by atoms with van der Waals surface area (Å²) in [7, 11) is 1.71. The lowest BCUT2D eigenvalue weighted by atomic mass is 9.49. The first-order valence-corrected chi connectivity index (χ1v) is 22.3. The van der Waals surface area contributed by atoms with Gasteiger partial charge in [0.1, 0.15) is 41.3 Å². The predicted octanol–water partition coefficient (Wildman–Crippen LogP) is 4.75. The first-order valence-electron chi connectivity index (χ1n) is 22.3. The number of nitrogens with one attached hydrogen (secondary N) is 2. The fourth-order valence-electron chi connectivity index (χ4n) is 10.9. The van der Waals surface area contributed by atoms with Gasteiger partial charge in [0.25, 0.3) is 17.7 Å². The second-order valence-corrected chi connectivity index (χ2v) is 19.3.